The molecule has 1 aliphatic rings. The number of amides is 1. The lowest BCUT2D eigenvalue weighted by atomic mass is 10.1. The van der Waals surface area contributed by atoms with Crippen LogP contribution in [0.15, 0.2) is 0 Å². The number of rotatable bonds is 2. The van der Waals surface area contributed by atoms with Gasteiger partial charge in [0.2, 0.25) is 5.91 Å². The molecule has 1 heterocycles. The monoisotopic (exact) mass is 224 g/mol. The Morgan fingerprint density at radius 1 is 1.40 bits per heavy atom. The van der Waals surface area contributed by atoms with Gasteiger partial charge in [-0.15, -0.1) is 0 Å². The second kappa shape index (κ2) is 4.83. The molecule has 0 aromatic heterocycles. The van der Waals surface area contributed by atoms with Gasteiger partial charge in [0.15, 0.2) is 0 Å². The number of nitrogens with zero attached hydrogens (tertiary/aromatic N) is 1. The summed E-state index contributed by atoms with van der Waals surface area (Å²) < 4.78 is 35.7. The fourth-order valence-corrected chi connectivity index (χ4v) is 1.66. The normalized spacial score (nSPS) is 19.3. The van der Waals surface area contributed by atoms with Crippen molar-refractivity contribution >= 4 is 5.91 Å². The van der Waals surface area contributed by atoms with Gasteiger partial charge in [0, 0.05) is 26.1 Å². The van der Waals surface area contributed by atoms with Gasteiger partial charge in [-0.05, 0) is 12.8 Å². The minimum absolute atomic E-state index is 0.00993. The Bertz CT molecular complexity index is 222. The minimum Gasteiger partial charge on any atom is -0.343 e. The number of hydrogen-bond donors (Lipinski definition) is 1. The van der Waals surface area contributed by atoms with E-state index in [1.807, 2.05) is 0 Å². The number of hydrogen-bond acceptors (Lipinski definition) is 2. The predicted molar refractivity (Wildman–Crippen MR) is 49.3 cm³/mol. The third-order valence-electron chi connectivity index (χ3n) is 2.53. The van der Waals surface area contributed by atoms with E-state index >= 15 is 0 Å². The molecule has 0 bridgehead atoms. The Hall–Kier alpha value is -0.780. The topological polar surface area (TPSA) is 32.3 Å². The van der Waals surface area contributed by atoms with Gasteiger partial charge >= 0.3 is 6.18 Å². The molecule has 6 heteroatoms. The van der Waals surface area contributed by atoms with Gasteiger partial charge in [-0.25, -0.2) is 0 Å². The average molecular weight is 224 g/mol. The van der Waals surface area contributed by atoms with Crippen LogP contribution in [0.3, 0.4) is 0 Å². The summed E-state index contributed by atoms with van der Waals surface area (Å²) in [5, 5.41) is 2.46. The zero-order valence-electron chi connectivity index (χ0n) is 8.60. The number of carbonyl (C=O) groups excluding carboxylic acids is 1. The fraction of sp³-hybridized carbons (Fsp3) is 0.889. The summed E-state index contributed by atoms with van der Waals surface area (Å²) in [4.78, 5) is 12.6. The van der Waals surface area contributed by atoms with Gasteiger partial charge in [0.25, 0.3) is 0 Å². The number of halogens is 3. The maximum Gasteiger partial charge on any atom is 0.401 e. The van der Waals surface area contributed by atoms with E-state index in [2.05, 4.69) is 5.32 Å². The first-order chi connectivity index (χ1) is 6.88. The van der Waals surface area contributed by atoms with Gasteiger partial charge in [0.1, 0.15) is 0 Å². The zero-order valence-corrected chi connectivity index (χ0v) is 8.60. The van der Waals surface area contributed by atoms with Crippen molar-refractivity contribution in [2.24, 2.45) is 0 Å². The van der Waals surface area contributed by atoms with Crippen molar-refractivity contribution in [1.82, 2.24) is 10.2 Å². The van der Waals surface area contributed by atoms with Crippen LogP contribution in [0, 0.1) is 0 Å². The minimum atomic E-state index is -4.16. The third-order valence-corrected chi connectivity index (χ3v) is 2.53. The number of likely N-dealkylation sites (tertiary alicyclic amines) is 1. The summed E-state index contributed by atoms with van der Waals surface area (Å²) in [6.07, 6.45) is -2.97. The van der Waals surface area contributed by atoms with Crippen LogP contribution >= 0.6 is 0 Å². The third kappa shape index (κ3) is 4.51. The SMILES string of the molecule is CC(=O)N1CCC(NCC(F)(F)F)CC1. The largest absolute Gasteiger partial charge is 0.401 e. The van der Waals surface area contributed by atoms with Crippen molar-refractivity contribution in [2.45, 2.75) is 32.0 Å². The van der Waals surface area contributed by atoms with Gasteiger partial charge in [-0.3, -0.25) is 4.79 Å². The first-order valence-electron chi connectivity index (χ1n) is 4.94. The highest BCUT2D eigenvalue weighted by Gasteiger charge is 2.29. The Balaban J connectivity index is 2.23. The lowest BCUT2D eigenvalue weighted by Crippen LogP contribution is -2.46. The van der Waals surface area contributed by atoms with E-state index in [1.165, 1.54) is 6.92 Å². The molecule has 0 spiro atoms. The summed E-state index contributed by atoms with van der Waals surface area (Å²) in [7, 11) is 0. The molecule has 0 atom stereocenters. The van der Waals surface area contributed by atoms with E-state index in [0.717, 1.165) is 0 Å². The first kappa shape index (κ1) is 12.3. The van der Waals surface area contributed by atoms with Crippen molar-refractivity contribution in [3.63, 3.8) is 0 Å². The fourth-order valence-electron chi connectivity index (χ4n) is 1.66. The molecule has 0 saturated carbocycles. The molecular weight excluding hydrogens is 209 g/mol. The molecule has 1 N–H and O–H groups in total. The Kier molecular flexibility index (Phi) is 3.96. The van der Waals surface area contributed by atoms with Crippen molar-refractivity contribution in [1.29, 1.82) is 0 Å². The maximum absolute atomic E-state index is 11.9. The zero-order chi connectivity index (χ0) is 11.5. The molecule has 1 fully saturated rings. The predicted octanol–water partition coefficient (Wildman–Crippen LogP) is 1.15. The van der Waals surface area contributed by atoms with Crippen molar-refractivity contribution < 1.29 is 18.0 Å². The summed E-state index contributed by atoms with van der Waals surface area (Å²) in [5.41, 5.74) is 0. The Morgan fingerprint density at radius 3 is 2.33 bits per heavy atom. The number of alkyl halides is 3. The maximum atomic E-state index is 11.9. The van der Waals surface area contributed by atoms with Gasteiger partial charge < -0.3 is 10.2 Å². The van der Waals surface area contributed by atoms with Crippen molar-refractivity contribution in [3.05, 3.63) is 0 Å². The highest BCUT2D eigenvalue weighted by Crippen LogP contribution is 2.15. The molecule has 3 nitrogen and oxygen atoms in total. The first-order valence-corrected chi connectivity index (χ1v) is 4.94. The van der Waals surface area contributed by atoms with E-state index in [4.69, 9.17) is 0 Å². The highest BCUT2D eigenvalue weighted by molar-refractivity contribution is 5.73. The Morgan fingerprint density at radius 2 is 1.93 bits per heavy atom. The van der Waals surface area contributed by atoms with E-state index in [0.29, 0.717) is 25.9 Å². The van der Waals surface area contributed by atoms with E-state index in [1.54, 1.807) is 4.90 Å². The van der Waals surface area contributed by atoms with E-state index in [9.17, 15) is 18.0 Å². The van der Waals surface area contributed by atoms with E-state index in [-0.39, 0.29) is 11.9 Å². The number of piperidine rings is 1. The average Bonchev–Trinajstić information content (AvgIpc) is 2.14. The van der Waals surface area contributed by atoms with Crippen LogP contribution < -0.4 is 5.32 Å². The number of carbonyl (C=O) groups is 1. The van der Waals surface area contributed by atoms with Crippen molar-refractivity contribution in [2.75, 3.05) is 19.6 Å². The standard InChI is InChI=1S/C9H15F3N2O/c1-7(15)14-4-2-8(3-5-14)13-6-9(10,11)12/h8,13H,2-6H2,1H3. The quantitative estimate of drug-likeness (QED) is 0.763. The molecule has 1 aliphatic heterocycles. The van der Waals surface area contributed by atoms with Crippen LogP contribution in [0.2, 0.25) is 0 Å². The van der Waals surface area contributed by atoms with Gasteiger partial charge in [-0.1, -0.05) is 0 Å². The van der Waals surface area contributed by atoms with Crippen molar-refractivity contribution in [3.8, 4) is 0 Å². The molecule has 1 saturated heterocycles. The summed E-state index contributed by atoms with van der Waals surface area (Å²) in [6.45, 7) is 1.62. The second-order valence-corrected chi connectivity index (χ2v) is 3.78. The molecule has 0 aliphatic carbocycles. The molecular formula is C9H15F3N2O. The van der Waals surface area contributed by atoms with Crippen LogP contribution in [-0.2, 0) is 4.79 Å². The molecule has 0 radical (unpaired) electrons. The lowest BCUT2D eigenvalue weighted by Gasteiger charge is -2.31. The molecule has 0 aromatic rings. The van der Waals surface area contributed by atoms with Crippen LogP contribution in [-0.4, -0.2) is 42.7 Å². The van der Waals surface area contributed by atoms with Crippen LogP contribution in [0.1, 0.15) is 19.8 Å². The second-order valence-electron chi connectivity index (χ2n) is 3.78. The smallest absolute Gasteiger partial charge is 0.343 e. The molecule has 0 aromatic carbocycles. The lowest BCUT2D eigenvalue weighted by molar-refractivity contribution is -0.132. The molecule has 15 heavy (non-hydrogen) atoms. The van der Waals surface area contributed by atoms with Crippen LogP contribution in [0.5, 0.6) is 0 Å². The molecule has 1 rings (SSSR count). The van der Waals surface area contributed by atoms with E-state index < -0.39 is 12.7 Å². The van der Waals surface area contributed by atoms with Crippen LogP contribution in [0.4, 0.5) is 13.2 Å². The summed E-state index contributed by atoms with van der Waals surface area (Å²) in [5.74, 6) is -0.00993. The summed E-state index contributed by atoms with van der Waals surface area (Å²) in [6, 6.07) is -0.123. The molecule has 1 amide bonds. The highest BCUT2D eigenvalue weighted by atomic mass is 19.4. The van der Waals surface area contributed by atoms with Gasteiger partial charge in [0.05, 0.1) is 6.54 Å². The Labute approximate surface area is 86.6 Å². The van der Waals surface area contributed by atoms with Crippen LogP contribution in [0.25, 0.3) is 0 Å². The molecule has 0 unspecified atom stereocenters. The summed E-state index contributed by atoms with van der Waals surface area (Å²) >= 11 is 0. The van der Waals surface area contributed by atoms with Gasteiger partial charge in [-0.2, -0.15) is 13.2 Å². The number of nitrogens with one attached hydrogen (secondary N) is 1. The molecule has 88 valence electrons.